The van der Waals surface area contributed by atoms with Gasteiger partial charge in [0.1, 0.15) is 18.1 Å². The fourth-order valence-electron chi connectivity index (χ4n) is 4.06. The maximum Gasteiger partial charge on any atom is 0.449 e. The van der Waals surface area contributed by atoms with Gasteiger partial charge in [0, 0.05) is 18.4 Å². The Kier molecular flexibility index (Phi) is 3.32. The van der Waals surface area contributed by atoms with Crippen LogP contribution in [0.1, 0.15) is 22.8 Å². The smallest absolute Gasteiger partial charge is 0.449 e. The first kappa shape index (κ1) is 16.2. The largest absolute Gasteiger partial charge is 0.490 e. The van der Waals surface area contributed by atoms with Crippen molar-refractivity contribution in [2.24, 2.45) is 0 Å². The second-order valence-corrected chi connectivity index (χ2v) is 6.86. The molecule has 0 N–H and O–H groups in total. The molecule has 1 spiro atoms. The number of para-hydroxylation sites is 1. The maximum absolute atomic E-state index is 12.8. The lowest BCUT2D eigenvalue weighted by atomic mass is 9.81. The molecule has 1 unspecified atom stereocenters. The summed E-state index contributed by atoms with van der Waals surface area (Å²) in [6, 6.07) is 14.0. The number of benzene rings is 1. The molecular formula is C20H15F3N2O2. The summed E-state index contributed by atoms with van der Waals surface area (Å²) >= 11 is 0. The van der Waals surface area contributed by atoms with Crippen molar-refractivity contribution >= 4 is 5.69 Å². The molecule has 5 rings (SSSR count). The van der Waals surface area contributed by atoms with Crippen LogP contribution in [0.5, 0.6) is 5.75 Å². The molecule has 4 heterocycles. The summed E-state index contributed by atoms with van der Waals surface area (Å²) in [6.45, 7) is 1.27. The van der Waals surface area contributed by atoms with Crippen LogP contribution in [0.4, 0.5) is 18.9 Å². The standard InChI is InChI=1S/C20H15F3N2O2/c21-20(22,23)17-8-7-13(27-17)10-25-11-19(14-4-1-2-5-15(14)25)12-26-16-6-3-9-24-18(16)19/h1-9H,10-12H2. The Hall–Kier alpha value is -2.96. The van der Waals surface area contributed by atoms with E-state index in [0.717, 1.165) is 28.8 Å². The Morgan fingerprint density at radius 2 is 1.93 bits per heavy atom. The van der Waals surface area contributed by atoms with Crippen molar-refractivity contribution in [3.63, 3.8) is 0 Å². The van der Waals surface area contributed by atoms with E-state index in [4.69, 9.17) is 9.15 Å². The predicted octanol–water partition coefficient (Wildman–Crippen LogP) is 4.39. The molecule has 0 bridgehead atoms. The molecular weight excluding hydrogens is 357 g/mol. The molecule has 1 aromatic carbocycles. The average Bonchev–Trinajstić information content (AvgIpc) is 3.34. The number of hydrogen-bond donors (Lipinski definition) is 0. The molecule has 0 aliphatic carbocycles. The third kappa shape index (κ3) is 2.41. The third-order valence-corrected chi connectivity index (χ3v) is 5.21. The minimum absolute atomic E-state index is 0.247. The van der Waals surface area contributed by atoms with Gasteiger partial charge in [-0.3, -0.25) is 4.98 Å². The molecule has 0 fully saturated rings. The highest BCUT2D eigenvalue weighted by Gasteiger charge is 2.50. The van der Waals surface area contributed by atoms with Crippen molar-refractivity contribution in [1.29, 1.82) is 0 Å². The van der Waals surface area contributed by atoms with Crippen LogP contribution in [-0.2, 0) is 18.1 Å². The number of ether oxygens (including phenoxy) is 1. The number of nitrogens with zero attached hydrogens (tertiary/aromatic N) is 2. The molecule has 138 valence electrons. The van der Waals surface area contributed by atoms with E-state index < -0.39 is 17.4 Å². The number of rotatable bonds is 2. The van der Waals surface area contributed by atoms with Gasteiger partial charge in [-0.1, -0.05) is 18.2 Å². The molecule has 27 heavy (non-hydrogen) atoms. The van der Waals surface area contributed by atoms with Crippen molar-refractivity contribution in [1.82, 2.24) is 4.98 Å². The fraction of sp³-hybridized carbons (Fsp3) is 0.250. The lowest BCUT2D eigenvalue weighted by molar-refractivity contribution is -0.153. The summed E-state index contributed by atoms with van der Waals surface area (Å²) in [5.74, 6) is 0.0526. The molecule has 0 amide bonds. The molecule has 4 nitrogen and oxygen atoms in total. The summed E-state index contributed by atoms with van der Waals surface area (Å²) in [5, 5.41) is 0. The fourth-order valence-corrected chi connectivity index (χ4v) is 4.06. The number of aromatic nitrogens is 1. The van der Waals surface area contributed by atoms with Gasteiger partial charge in [0.2, 0.25) is 5.76 Å². The number of anilines is 1. The van der Waals surface area contributed by atoms with Crippen LogP contribution in [0.2, 0.25) is 0 Å². The minimum Gasteiger partial charge on any atom is -0.490 e. The minimum atomic E-state index is -4.48. The topological polar surface area (TPSA) is 38.5 Å². The highest BCUT2D eigenvalue weighted by molar-refractivity contribution is 5.68. The summed E-state index contributed by atoms with van der Waals surface area (Å²) in [5.41, 5.74) is 2.48. The zero-order valence-corrected chi connectivity index (χ0v) is 14.2. The highest BCUT2D eigenvalue weighted by Crippen LogP contribution is 2.50. The maximum atomic E-state index is 12.8. The van der Waals surface area contributed by atoms with E-state index in [1.54, 1.807) is 6.20 Å². The van der Waals surface area contributed by atoms with E-state index in [9.17, 15) is 13.2 Å². The van der Waals surface area contributed by atoms with Crippen molar-refractivity contribution < 1.29 is 22.3 Å². The lowest BCUT2D eigenvalue weighted by Crippen LogP contribution is -2.36. The molecule has 2 aromatic heterocycles. The monoisotopic (exact) mass is 372 g/mol. The Morgan fingerprint density at radius 3 is 2.74 bits per heavy atom. The predicted molar refractivity (Wildman–Crippen MR) is 91.7 cm³/mol. The molecule has 0 radical (unpaired) electrons. The summed E-state index contributed by atoms with van der Waals surface area (Å²) in [4.78, 5) is 6.58. The van der Waals surface area contributed by atoms with Gasteiger partial charge in [-0.15, -0.1) is 0 Å². The number of pyridine rings is 1. The van der Waals surface area contributed by atoms with Crippen LogP contribution < -0.4 is 9.64 Å². The van der Waals surface area contributed by atoms with Crippen LogP contribution >= 0.6 is 0 Å². The van der Waals surface area contributed by atoms with Crippen molar-refractivity contribution in [3.05, 3.63) is 77.5 Å². The molecule has 1 atom stereocenters. The third-order valence-electron chi connectivity index (χ3n) is 5.21. The van der Waals surface area contributed by atoms with E-state index in [-0.39, 0.29) is 12.3 Å². The highest BCUT2D eigenvalue weighted by atomic mass is 19.4. The Balaban J connectivity index is 1.53. The normalized spacial score (nSPS) is 20.6. The number of furan rings is 1. The van der Waals surface area contributed by atoms with Gasteiger partial charge in [0.15, 0.2) is 0 Å². The van der Waals surface area contributed by atoms with Gasteiger partial charge in [-0.25, -0.2) is 0 Å². The number of fused-ring (bicyclic) bond motifs is 4. The summed E-state index contributed by atoms with van der Waals surface area (Å²) in [7, 11) is 0. The van der Waals surface area contributed by atoms with E-state index in [0.29, 0.717) is 13.2 Å². The number of halogens is 3. The van der Waals surface area contributed by atoms with Gasteiger partial charge < -0.3 is 14.1 Å². The first-order valence-electron chi connectivity index (χ1n) is 8.56. The quantitative estimate of drug-likeness (QED) is 0.669. The molecule has 2 aliphatic rings. The van der Waals surface area contributed by atoms with Gasteiger partial charge in [0.25, 0.3) is 0 Å². The van der Waals surface area contributed by atoms with Gasteiger partial charge in [-0.2, -0.15) is 13.2 Å². The molecule has 3 aromatic rings. The molecule has 2 aliphatic heterocycles. The SMILES string of the molecule is FC(F)(F)c1ccc(CN2CC3(COc4cccnc43)c3ccccc32)o1. The first-order valence-corrected chi connectivity index (χ1v) is 8.56. The van der Waals surface area contributed by atoms with Crippen molar-refractivity contribution in [2.75, 3.05) is 18.1 Å². The van der Waals surface area contributed by atoms with Crippen LogP contribution in [0.15, 0.2) is 59.1 Å². The number of hydrogen-bond acceptors (Lipinski definition) is 4. The zero-order valence-electron chi connectivity index (χ0n) is 14.2. The van der Waals surface area contributed by atoms with Crippen molar-refractivity contribution in [2.45, 2.75) is 18.1 Å². The van der Waals surface area contributed by atoms with E-state index in [2.05, 4.69) is 4.98 Å². The van der Waals surface area contributed by atoms with Crippen molar-refractivity contribution in [3.8, 4) is 5.75 Å². The van der Waals surface area contributed by atoms with E-state index >= 15 is 0 Å². The van der Waals surface area contributed by atoms with Crippen LogP contribution in [0, 0.1) is 0 Å². The van der Waals surface area contributed by atoms with Gasteiger partial charge in [0.05, 0.1) is 17.7 Å². The Morgan fingerprint density at radius 1 is 1.07 bits per heavy atom. The molecule has 0 saturated heterocycles. The Labute approximate surface area is 153 Å². The molecule has 7 heteroatoms. The average molecular weight is 372 g/mol. The van der Waals surface area contributed by atoms with Gasteiger partial charge >= 0.3 is 6.18 Å². The summed E-state index contributed by atoms with van der Waals surface area (Å²) in [6.07, 6.45) is -2.74. The van der Waals surface area contributed by atoms with E-state index in [1.807, 2.05) is 41.3 Å². The zero-order chi connectivity index (χ0) is 18.6. The van der Waals surface area contributed by atoms with Crippen LogP contribution in [-0.4, -0.2) is 18.1 Å². The second kappa shape index (κ2) is 5.52. The molecule has 0 saturated carbocycles. The summed E-state index contributed by atoms with van der Waals surface area (Å²) < 4.78 is 49.4. The van der Waals surface area contributed by atoms with E-state index in [1.165, 1.54) is 6.07 Å². The lowest BCUT2D eigenvalue weighted by Gasteiger charge is -2.23. The first-order chi connectivity index (χ1) is 13.0. The van der Waals surface area contributed by atoms with Crippen LogP contribution in [0.25, 0.3) is 0 Å². The van der Waals surface area contributed by atoms with Gasteiger partial charge in [-0.05, 0) is 35.9 Å². The number of alkyl halides is 3. The second-order valence-electron chi connectivity index (χ2n) is 6.86. The van der Waals surface area contributed by atoms with Crippen LogP contribution in [0.3, 0.4) is 0 Å². The Bertz CT molecular complexity index is 1010.